The molecule has 1 aromatic heterocycles. The van der Waals surface area contributed by atoms with Crippen molar-refractivity contribution >= 4 is 21.8 Å². The van der Waals surface area contributed by atoms with Crippen molar-refractivity contribution in [3.05, 3.63) is 54.0 Å². The second-order valence-corrected chi connectivity index (χ2v) is 10.2. The second-order valence-electron chi connectivity index (χ2n) is 8.24. The van der Waals surface area contributed by atoms with Crippen molar-refractivity contribution in [2.75, 3.05) is 32.7 Å². The van der Waals surface area contributed by atoms with Gasteiger partial charge >= 0.3 is 6.18 Å². The highest BCUT2D eigenvalue weighted by molar-refractivity contribution is 7.89. The number of sulfonamides is 1. The van der Waals surface area contributed by atoms with Crippen LogP contribution in [-0.2, 0) is 21.0 Å². The van der Waals surface area contributed by atoms with Gasteiger partial charge in [0.1, 0.15) is 6.04 Å². The molecule has 1 atom stereocenters. The number of amides is 2. The van der Waals surface area contributed by atoms with Crippen LogP contribution in [0.15, 0.2) is 52.0 Å². The Morgan fingerprint density at radius 1 is 0.971 bits per heavy atom. The Hall–Kier alpha value is -2.86. The van der Waals surface area contributed by atoms with Crippen molar-refractivity contribution in [2.24, 2.45) is 0 Å². The van der Waals surface area contributed by atoms with Gasteiger partial charge in [0.05, 0.1) is 16.7 Å². The quantitative estimate of drug-likeness (QED) is 0.645. The molecule has 0 saturated carbocycles. The number of likely N-dealkylation sites (tertiary alicyclic amines) is 1. The zero-order chi connectivity index (χ0) is 24.5. The molecule has 1 aromatic carbocycles. The Labute approximate surface area is 195 Å². The van der Waals surface area contributed by atoms with E-state index in [0.717, 1.165) is 35.3 Å². The summed E-state index contributed by atoms with van der Waals surface area (Å²) in [4.78, 5) is 28.6. The van der Waals surface area contributed by atoms with Crippen molar-refractivity contribution in [3.63, 3.8) is 0 Å². The monoisotopic (exact) mass is 499 g/mol. The van der Waals surface area contributed by atoms with Crippen LogP contribution < -0.4 is 0 Å². The average Bonchev–Trinajstić information content (AvgIpc) is 3.38. The standard InChI is InChI=1S/C22H24F3N3O5S/c23-22(24,25)16-5-3-6-17(15-16)34(31,32)27-12-10-26(11-13-27)20(29)18-7-1-2-9-28(18)21(30)19-8-4-14-33-19/h3-6,8,14-15,18H,1-2,7,9-13H2. The van der Waals surface area contributed by atoms with Crippen LogP contribution in [0.3, 0.4) is 0 Å². The zero-order valence-corrected chi connectivity index (χ0v) is 19.0. The third-order valence-corrected chi connectivity index (χ3v) is 8.02. The summed E-state index contributed by atoms with van der Waals surface area (Å²) in [6.45, 7) is 0.471. The number of piperazine rings is 1. The zero-order valence-electron chi connectivity index (χ0n) is 18.2. The van der Waals surface area contributed by atoms with Crippen LogP contribution in [0.1, 0.15) is 35.4 Å². The fourth-order valence-corrected chi connectivity index (χ4v) is 5.78. The predicted octanol–water partition coefficient (Wildman–Crippen LogP) is 2.83. The number of hydrogen-bond donors (Lipinski definition) is 0. The molecular weight excluding hydrogens is 475 g/mol. The smallest absolute Gasteiger partial charge is 0.416 e. The van der Waals surface area contributed by atoms with E-state index in [1.165, 1.54) is 22.1 Å². The van der Waals surface area contributed by atoms with E-state index in [1.807, 2.05) is 0 Å². The molecule has 3 heterocycles. The molecule has 2 aromatic rings. The predicted molar refractivity (Wildman–Crippen MR) is 114 cm³/mol. The van der Waals surface area contributed by atoms with Crippen LogP contribution in [0.2, 0.25) is 0 Å². The van der Waals surface area contributed by atoms with E-state index in [1.54, 1.807) is 6.07 Å². The van der Waals surface area contributed by atoms with Crippen LogP contribution in [0, 0.1) is 0 Å². The first kappa shape index (κ1) is 24.3. The van der Waals surface area contributed by atoms with E-state index in [-0.39, 0.29) is 43.8 Å². The Morgan fingerprint density at radius 3 is 2.35 bits per heavy atom. The molecule has 34 heavy (non-hydrogen) atoms. The lowest BCUT2D eigenvalue weighted by atomic mass is 10.00. The molecule has 2 amide bonds. The van der Waals surface area contributed by atoms with Gasteiger partial charge in [0.2, 0.25) is 15.9 Å². The molecule has 2 aliphatic rings. The molecule has 0 spiro atoms. The molecule has 2 saturated heterocycles. The summed E-state index contributed by atoms with van der Waals surface area (Å²) in [5, 5.41) is 0. The molecule has 4 rings (SSSR count). The molecule has 184 valence electrons. The molecule has 1 unspecified atom stereocenters. The molecule has 2 fully saturated rings. The topological polar surface area (TPSA) is 91.1 Å². The van der Waals surface area contributed by atoms with Crippen LogP contribution in [0.5, 0.6) is 0 Å². The van der Waals surface area contributed by atoms with Crippen molar-refractivity contribution in [1.82, 2.24) is 14.1 Å². The summed E-state index contributed by atoms with van der Waals surface area (Å²) < 4.78 is 71.1. The second kappa shape index (κ2) is 9.41. The van der Waals surface area contributed by atoms with Gasteiger partial charge in [-0.15, -0.1) is 0 Å². The third-order valence-electron chi connectivity index (χ3n) is 6.13. The number of benzene rings is 1. The number of carbonyl (C=O) groups excluding carboxylic acids is 2. The Balaban J connectivity index is 1.44. The summed E-state index contributed by atoms with van der Waals surface area (Å²) in [5.41, 5.74) is -1.04. The maximum Gasteiger partial charge on any atom is 0.416 e. The van der Waals surface area contributed by atoms with Gasteiger partial charge in [-0.1, -0.05) is 6.07 Å². The Morgan fingerprint density at radius 2 is 1.71 bits per heavy atom. The van der Waals surface area contributed by atoms with Gasteiger partial charge in [-0.3, -0.25) is 9.59 Å². The maximum absolute atomic E-state index is 13.2. The summed E-state index contributed by atoms with van der Waals surface area (Å²) in [7, 11) is -4.15. The average molecular weight is 500 g/mol. The molecule has 0 radical (unpaired) electrons. The van der Waals surface area contributed by atoms with Gasteiger partial charge in [0, 0.05) is 32.7 Å². The molecule has 8 nitrogen and oxygen atoms in total. The molecule has 0 N–H and O–H groups in total. The van der Waals surface area contributed by atoms with Gasteiger partial charge in [0.25, 0.3) is 5.91 Å². The van der Waals surface area contributed by atoms with Crippen molar-refractivity contribution < 1.29 is 35.6 Å². The first-order valence-corrected chi connectivity index (χ1v) is 12.3. The number of nitrogens with zero attached hydrogens (tertiary/aromatic N) is 3. The highest BCUT2D eigenvalue weighted by Gasteiger charge is 2.39. The Kier molecular flexibility index (Phi) is 6.72. The van der Waals surface area contributed by atoms with E-state index in [9.17, 15) is 31.2 Å². The van der Waals surface area contributed by atoms with Crippen LogP contribution >= 0.6 is 0 Å². The van der Waals surface area contributed by atoms with Crippen molar-refractivity contribution in [3.8, 4) is 0 Å². The SMILES string of the molecule is O=C(C1CCCCN1C(=O)c1ccco1)N1CCN(S(=O)(=O)c2cccc(C(F)(F)F)c2)CC1. The van der Waals surface area contributed by atoms with Crippen LogP contribution in [-0.4, -0.2) is 73.1 Å². The van der Waals surface area contributed by atoms with Gasteiger partial charge in [0.15, 0.2) is 5.76 Å². The normalized spacial score (nSPS) is 20.4. The minimum Gasteiger partial charge on any atom is -0.459 e. The fourth-order valence-electron chi connectivity index (χ4n) is 4.31. The van der Waals surface area contributed by atoms with Gasteiger partial charge in [-0.2, -0.15) is 17.5 Å². The lowest BCUT2D eigenvalue weighted by Gasteiger charge is -2.40. The van der Waals surface area contributed by atoms with E-state index in [4.69, 9.17) is 4.42 Å². The molecule has 0 aliphatic carbocycles. The number of hydrogen-bond acceptors (Lipinski definition) is 5. The van der Waals surface area contributed by atoms with Crippen LogP contribution in [0.4, 0.5) is 13.2 Å². The number of halogens is 3. The highest BCUT2D eigenvalue weighted by atomic mass is 32.2. The number of alkyl halides is 3. The number of furan rings is 1. The van der Waals surface area contributed by atoms with Gasteiger partial charge in [-0.25, -0.2) is 8.42 Å². The van der Waals surface area contributed by atoms with E-state index < -0.39 is 32.7 Å². The van der Waals surface area contributed by atoms with Crippen molar-refractivity contribution in [1.29, 1.82) is 0 Å². The minimum atomic E-state index is -4.66. The van der Waals surface area contributed by atoms with E-state index >= 15 is 0 Å². The summed E-state index contributed by atoms with van der Waals surface area (Å²) in [6.07, 6.45) is -1.23. The highest BCUT2D eigenvalue weighted by Crippen LogP contribution is 2.31. The number of carbonyl (C=O) groups is 2. The maximum atomic E-state index is 13.2. The largest absolute Gasteiger partial charge is 0.459 e. The summed E-state index contributed by atoms with van der Waals surface area (Å²) >= 11 is 0. The molecule has 2 aliphatic heterocycles. The lowest BCUT2D eigenvalue weighted by Crippen LogP contribution is -2.57. The molecule has 0 bridgehead atoms. The molecular formula is C22H24F3N3O5S. The number of rotatable bonds is 4. The van der Waals surface area contributed by atoms with E-state index in [0.29, 0.717) is 19.0 Å². The molecule has 12 heteroatoms. The number of piperidine rings is 1. The van der Waals surface area contributed by atoms with E-state index in [2.05, 4.69) is 0 Å². The summed E-state index contributed by atoms with van der Waals surface area (Å²) in [5.74, 6) is -0.485. The lowest BCUT2D eigenvalue weighted by molar-refractivity contribution is -0.139. The summed E-state index contributed by atoms with van der Waals surface area (Å²) in [6, 6.07) is 6.08. The first-order valence-electron chi connectivity index (χ1n) is 10.9. The van der Waals surface area contributed by atoms with Gasteiger partial charge < -0.3 is 14.2 Å². The first-order chi connectivity index (χ1) is 16.1. The minimum absolute atomic E-state index is 0.0524. The fraction of sp³-hybridized carbons (Fsp3) is 0.455. The van der Waals surface area contributed by atoms with Crippen LogP contribution in [0.25, 0.3) is 0 Å². The Bertz CT molecular complexity index is 1140. The van der Waals surface area contributed by atoms with Crippen molar-refractivity contribution in [2.45, 2.75) is 36.4 Å². The third kappa shape index (κ3) is 4.83. The van der Waals surface area contributed by atoms with Gasteiger partial charge in [-0.05, 0) is 49.6 Å².